The largest absolute Gasteiger partial charge is 0.462 e. The van der Waals surface area contributed by atoms with Gasteiger partial charge in [-0.15, -0.1) is 0 Å². The molecule has 2 N–H and O–H groups in total. The summed E-state index contributed by atoms with van der Waals surface area (Å²) in [6, 6.07) is 7.89. The lowest BCUT2D eigenvalue weighted by atomic mass is 9.87. The number of anilines is 1. The molecule has 1 aromatic heterocycles. The van der Waals surface area contributed by atoms with Crippen molar-refractivity contribution in [2.24, 2.45) is 5.41 Å². The fraction of sp³-hybridized carbons (Fsp3) is 0.385. The summed E-state index contributed by atoms with van der Waals surface area (Å²) in [6.07, 6.45) is 1.72. The number of benzene rings is 1. The van der Waals surface area contributed by atoms with Gasteiger partial charge in [0.05, 0.1) is 30.9 Å². The Morgan fingerprint density at radius 3 is 2.82 bits per heavy atom. The fourth-order valence-electron chi connectivity index (χ4n) is 2.04. The van der Waals surface area contributed by atoms with Gasteiger partial charge in [0.2, 0.25) is 0 Å². The molecule has 0 aliphatic carbocycles. The first-order valence-corrected chi connectivity index (χ1v) is 5.72. The second-order valence-corrected chi connectivity index (χ2v) is 4.65. The standard InChI is InChI=1S/C13H15NO3/c15-7-13(8-16-9-13)6-14-11-5-17-12-4-2-1-3-10(11)12/h1-5,14-15H,6-9H2. The number of fused-ring (bicyclic) bond motifs is 1. The van der Waals surface area contributed by atoms with Gasteiger partial charge in [0.25, 0.3) is 0 Å². The van der Waals surface area contributed by atoms with Gasteiger partial charge in [-0.25, -0.2) is 0 Å². The lowest BCUT2D eigenvalue weighted by Crippen LogP contribution is -2.50. The van der Waals surface area contributed by atoms with Crippen molar-refractivity contribution in [2.45, 2.75) is 0 Å². The third kappa shape index (κ3) is 1.79. The van der Waals surface area contributed by atoms with E-state index in [1.807, 2.05) is 24.3 Å². The molecule has 0 amide bonds. The summed E-state index contributed by atoms with van der Waals surface area (Å²) in [4.78, 5) is 0. The molecule has 3 rings (SSSR count). The molecule has 0 radical (unpaired) electrons. The molecule has 1 aliphatic heterocycles. The molecule has 1 aromatic carbocycles. The molecule has 4 heteroatoms. The fourth-order valence-corrected chi connectivity index (χ4v) is 2.04. The molecule has 2 aromatic rings. The molecule has 0 bridgehead atoms. The van der Waals surface area contributed by atoms with Gasteiger partial charge >= 0.3 is 0 Å². The van der Waals surface area contributed by atoms with Crippen LogP contribution in [0.15, 0.2) is 34.9 Å². The van der Waals surface area contributed by atoms with E-state index < -0.39 is 0 Å². The van der Waals surface area contributed by atoms with Crippen LogP contribution in [0.1, 0.15) is 0 Å². The van der Waals surface area contributed by atoms with Crippen molar-refractivity contribution in [2.75, 3.05) is 31.7 Å². The van der Waals surface area contributed by atoms with E-state index in [0.717, 1.165) is 16.7 Å². The molecule has 0 spiro atoms. The van der Waals surface area contributed by atoms with Crippen molar-refractivity contribution in [3.05, 3.63) is 30.5 Å². The summed E-state index contributed by atoms with van der Waals surface area (Å²) < 4.78 is 10.6. The van der Waals surface area contributed by atoms with E-state index in [2.05, 4.69) is 5.32 Å². The molecule has 2 heterocycles. The van der Waals surface area contributed by atoms with Gasteiger partial charge in [-0.05, 0) is 12.1 Å². The zero-order valence-electron chi connectivity index (χ0n) is 9.48. The van der Waals surface area contributed by atoms with Crippen molar-refractivity contribution >= 4 is 16.7 Å². The molecular weight excluding hydrogens is 218 g/mol. The van der Waals surface area contributed by atoms with Gasteiger partial charge < -0.3 is 19.6 Å². The summed E-state index contributed by atoms with van der Waals surface area (Å²) >= 11 is 0. The van der Waals surface area contributed by atoms with E-state index in [1.54, 1.807) is 6.26 Å². The van der Waals surface area contributed by atoms with Gasteiger partial charge in [-0.2, -0.15) is 0 Å². The van der Waals surface area contributed by atoms with E-state index in [4.69, 9.17) is 9.15 Å². The van der Waals surface area contributed by atoms with E-state index in [9.17, 15) is 5.11 Å². The van der Waals surface area contributed by atoms with Crippen LogP contribution in [0.5, 0.6) is 0 Å². The summed E-state index contributed by atoms with van der Waals surface area (Å²) in [6.45, 7) is 2.08. The Kier molecular flexibility index (Phi) is 2.53. The predicted molar refractivity (Wildman–Crippen MR) is 65.0 cm³/mol. The number of hydrogen-bond donors (Lipinski definition) is 2. The number of aliphatic hydroxyl groups is 1. The lowest BCUT2D eigenvalue weighted by molar-refractivity contribution is -0.128. The molecule has 90 valence electrons. The molecule has 0 atom stereocenters. The Balaban J connectivity index is 1.77. The summed E-state index contributed by atoms with van der Waals surface area (Å²) in [5.74, 6) is 0. The van der Waals surface area contributed by atoms with Gasteiger partial charge in [-0.1, -0.05) is 12.1 Å². The van der Waals surface area contributed by atoms with Gasteiger partial charge in [0, 0.05) is 11.9 Å². The maximum absolute atomic E-state index is 9.34. The second kappa shape index (κ2) is 4.05. The van der Waals surface area contributed by atoms with Crippen molar-refractivity contribution in [1.29, 1.82) is 0 Å². The number of aliphatic hydroxyl groups excluding tert-OH is 1. The third-order valence-corrected chi connectivity index (χ3v) is 3.29. The van der Waals surface area contributed by atoms with Crippen molar-refractivity contribution in [1.82, 2.24) is 0 Å². The highest BCUT2D eigenvalue weighted by atomic mass is 16.5. The van der Waals surface area contributed by atoms with Crippen LogP contribution in [0.3, 0.4) is 0 Å². The van der Waals surface area contributed by atoms with E-state index in [1.165, 1.54) is 0 Å². The number of para-hydroxylation sites is 1. The summed E-state index contributed by atoms with van der Waals surface area (Å²) in [5, 5.41) is 13.7. The topological polar surface area (TPSA) is 54.6 Å². The lowest BCUT2D eigenvalue weighted by Gasteiger charge is -2.39. The van der Waals surface area contributed by atoms with Crippen LogP contribution in [0, 0.1) is 5.41 Å². The Morgan fingerprint density at radius 1 is 1.29 bits per heavy atom. The maximum atomic E-state index is 9.34. The minimum Gasteiger partial charge on any atom is -0.462 e. The van der Waals surface area contributed by atoms with Crippen molar-refractivity contribution in [3.8, 4) is 0 Å². The first-order valence-electron chi connectivity index (χ1n) is 5.72. The average molecular weight is 233 g/mol. The zero-order valence-corrected chi connectivity index (χ0v) is 9.48. The molecule has 17 heavy (non-hydrogen) atoms. The van der Waals surface area contributed by atoms with Crippen LogP contribution in [-0.4, -0.2) is 31.5 Å². The maximum Gasteiger partial charge on any atom is 0.136 e. The number of hydrogen-bond acceptors (Lipinski definition) is 4. The first kappa shape index (κ1) is 10.6. The Morgan fingerprint density at radius 2 is 2.12 bits per heavy atom. The zero-order chi connectivity index (χ0) is 11.7. The number of rotatable bonds is 4. The Hall–Kier alpha value is -1.52. The number of ether oxygens (including phenoxy) is 1. The first-order chi connectivity index (χ1) is 8.33. The Labute approximate surface area is 99.2 Å². The molecule has 1 aliphatic rings. The summed E-state index contributed by atoms with van der Waals surface area (Å²) in [7, 11) is 0. The van der Waals surface area contributed by atoms with Crippen molar-refractivity contribution in [3.63, 3.8) is 0 Å². The third-order valence-electron chi connectivity index (χ3n) is 3.29. The minimum atomic E-state index is -0.127. The quantitative estimate of drug-likeness (QED) is 0.846. The smallest absolute Gasteiger partial charge is 0.136 e. The summed E-state index contributed by atoms with van der Waals surface area (Å²) in [5.41, 5.74) is 1.72. The SMILES string of the molecule is OCC1(CNc2coc3ccccc23)COC1. The molecule has 4 nitrogen and oxygen atoms in total. The van der Waals surface area contributed by atoms with Gasteiger partial charge in [0.1, 0.15) is 11.8 Å². The van der Waals surface area contributed by atoms with Crippen LogP contribution < -0.4 is 5.32 Å². The minimum absolute atomic E-state index is 0.127. The monoisotopic (exact) mass is 233 g/mol. The second-order valence-electron chi connectivity index (χ2n) is 4.65. The van der Waals surface area contributed by atoms with Gasteiger partial charge in [0.15, 0.2) is 0 Å². The number of furan rings is 1. The highest BCUT2D eigenvalue weighted by Crippen LogP contribution is 2.30. The van der Waals surface area contributed by atoms with Crippen LogP contribution >= 0.6 is 0 Å². The van der Waals surface area contributed by atoms with Crippen molar-refractivity contribution < 1.29 is 14.3 Å². The van der Waals surface area contributed by atoms with Crippen LogP contribution in [-0.2, 0) is 4.74 Å². The number of nitrogens with one attached hydrogen (secondary N) is 1. The average Bonchev–Trinajstić information content (AvgIpc) is 2.72. The van der Waals surface area contributed by atoms with Gasteiger partial charge in [-0.3, -0.25) is 0 Å². The molecule has 1 saturated heterocycles. The molecule has 1 fully saturated rings. The predicted octanol–water partition coefficient (Wildman–Crippen LogP) is 1.85. The van der Waals surface area contributed by atoms with E-state index in [0.29, 0.717) is 19.8 Å². The van der Waals surface area contributed by atoms with E-state index >= 15 is 0 Å². The molecule has 0 saturated carbocycles. The normalized spacial score (nSPS) is 17.9. The van der Waals surface area contributed by atoms with Crippen LogP contribution in [0.2, 0.25) is 0 Å². The molecule has 0 unspecified atom stereocenters. The van der Waals surface area contributed by atoms with Crippen LogP contribution in [0.25, 0.3) is 11.0 Å². The highest BCUT2D eigenvalue weighted by Gasteiger charge is 2.37. The Bertz CT molecular complexity index is 511. The van der Waals surface area contributed by atoms with Crippen LogP contribution in [0.4, 0.5) is 5.69 Å². The highest BCUT2D eigenvalue weighted by molar-refractivity contribution is 5.90. The molecular formula is C13H15NO3. The van der Waals surface area contributed by atoms with E-state index in [-0.39, 0.29) is 12.0 Å².